The van der Waals surface area contributed by atoms with E-state index in [0.717, 1.165) is 29.4 Å². The average Bonchev–Trinajstić information content (AvgIpc) is 2.97. The molecule has 1 saturated carbocycles. The molecule has 78 valence electrons. The highest BCUT2D eigenvalue weighted by Gasteiger charge is 2.19. The Bertz CT molecular complexity index is 429. The first-order valence-electron chi connectivity index (χ1n) is 5.35. The van der Waals surface area contributed by atoms with Gasteiger partial charge in [-0.25, -0.2) is 9.97 Å². The fraction of sp³-hybridized carbons (Fsp3) is 0.455. The van der Waals surface area contributed by atoms with Crippen molar-refractivity contribution < 1.29 is 0 Å². The molecular formula is C11H13N3S. The highest BCUT2D eigenvalue weighted by atomic mass is 32.1. The molecule has 0 spiro atoms. The number of nitrogens with one attached hydrogen (secondary N) is 1. The molecule has 1 aliphatic carbocycles. The highest BCUT2D eigenvalue weighted by Crippen LogP contribution is 2.21. The van der Waals surface area contributed by atoms with Gasteiger partial charge in [-0.3, -0.25) is 0 Å². The molecule has 0 bridgehead atoms. The summed E-state index contributed by atoms with van der Waals surface area (Å²) >= 11 is 1.71. The van der Waals surface area contributed by atoms with Gasteiger partial charge in [-0.2, -0.15) is 0 Å². The fourth-order valence-electron chi connectivity index (χ4n) is 1.59. The SMILES string of the molecule is c1cnc2sc(CCNC3CC3)nc2c1. The number of thiazole rings is 1. The Kier molecular flexibility index (Phi) is 2.38. The van der Waals surface area contributed by atoms with E-state index in [1.807, 2.05) is 18.3 Å². The van der Waals surface area contributed by atoms with E-state index in [1.165, 1.54) is 17.8 Å². The van der Waals surface area contributed by atoms with E-state index in [0.29, 0.717) is 0 Å². The van der Waals surface area contributed by atoms with Gasteiger partial charge >= 0.3 is 0 Å². The molecule has 2 aromatic rings. The summed E-state index contributed by atoms with van der Waals surface area (Å²) in [6.45, 7) is 1.05. The normalized spacial score (nSPS) is 16.0. The van der Waals surface area contributed by atoms with Crippen molar-refractivity contribution in [2.45, 2.75) is 25.3 Å². The zero-order valence-corrected chi connectivity index (χ0v) is 9.26. The molecule has 2 aromatic heterocycles. The zero-order valence-electron chi connectivity index (χ0n) is 8.44. The fourth-order valence-corrected chi connectivity index (χ4v) is 2.50. The maximum Gasteiger partial charge on any atom is 0.143 e. The number of aromatic nitrogens is 2. The topological polar surface area (TPSA) is 37.8 Å². The molecule has 1 fully saturated rings. The molecule has 0 aromatic carbocycles. The predicted molar refractivity (Wildman–Crippen MR) is 62.1 cm³/mol. The summed E-state index contributed by atoms with van der Waals surface area (Å²) in [5, 5.41) is 4.69. The van der Waals surface area contributed by atoms with Crippen molar-refractivity contribution in [3.05, 3.63) is 23.3 Å². The maximum absolute atomic E-state index is 4.55. The summed E-state index contributed by atoms with van der Waals surface area (Å²) in [6, 6.07) is 4.75. The van der Waals surface area contributed by atoms with Crippen LogP contribution < -0.4 is 5.32 Å². The lowest BCUT2D eigenvalue weighted by Crippen LogP contribution is -2.19. The first-order chi connectivity index (χ1) is 7.42. The second kappa shape index (κ2) is 3.87. The molecule has 0 radical (unpaired) electrons. The van der Waals surface area contributed by atoms with Crippen molar-refractivity contribution >= 4 is 21.7 Å². The third-order valence-corrected chi connectivity index (χ3v) is 3.60. The van der Waals surface area contributed by atoms with Crippen LogP contribution in [0.5, 0.6) is 0 Å². The lowest BCUT2D eigenvalue weighted by atomic mass is 10.4. The van der Waals surface area contributed by atoms with Crippen LogP contribution in [0, 0.1) is 0 Å². The van der Waals surface area contributed by atoms with E-state index in [9.17, 15) is 0 Å². The Morgan fingerprint density at radius 1 is 1.47 bits per heavy atom. The quantitative estimate of drug-likeness (QED) is 0.854. The summed E-state index contributed by atoms with van der Waals surface area (Å²) in [6.07, 6.45) is 5.55. The molecule has 2 heterocycles. The molecule has 0 aliphatic heterocycles. The van der Waals surface area contributed by atoms with Gasteiger partial charge in [0.05, 0.1) is 5.01 Å². The van der Waals surface area contributed by atoms with Crippen molar-refractivity contribution in [3.8, 4) is 0 Å². The van der Waals surface area contributed by atoms with Gasteiger partial charge < -0.3 is 5.32 Å². The summed E-state index contributed by atoms with van der Waals surface area (Å²) in [7, 11) is 0. The van der Waals surface area contributed by atoms with Crippen molar-refractivity contribution in [2.75, 3.05) is 6.54 Å². The smallest absolute Gasteiger partial charge is 0.143 e. The minimum absolute atomic E-state index is 0.789. The van der Waals surface area contributed by atoms with Crippen LogP contribution in [-0.4, -0.2) is 22.6 Å². The van der Waals surface area contributed by atoms with Gasteiger partial charge in [-0.05, 0) is 25.0 Å². The van der Waals surface area contributed by atoms with Gasteiger partial charge in [-0.1, -0.05) is 11.3 Å². The minimum atomic E-state index is 0.789. The Balaban J connectivity index is 1.68. The van der Waals surface area contributed by atoms with Crippen LogP contribution in [0.15, 0.2) is 18.3 Å². The van der Waals surface area contributed by atoms with Crippen LogP contribution in [-0.2, 0) is 6.42 Å². The van der Waals surface area contributed by atoms with Crippen molar-refractivity contribution in [1.82, 2.24) is 15.3 Å². The van der Waals surface area contributed by atoms with E-state index in [1.54, 1.807) is 11.3 Å². The number of fused-ring (bicyclic) bond motifs is 1. The van der Waals surface area contributed by atoms with Crippen LogP contribution in [0.1, 0.15) is 17.8 Å². The Labute approximate surface area is 92.6 Å². The molecule has 0 unspecified atom stereocenters. The average molecular weight is 219 g/mol. The van der Waals surface area contributed by atoms with Crippen molar-refractivity contribution in [2.24, 2.45) is 0 Å². The third-order valence-electron chi connectivity index (χ3n) is 2.56. The van der Waals surface area contributed by atoms with Crippen LogP contribution in [0.4, 0.5) is 0 Å². The number of pyridine rings is 1. The number of hydrogen-bond donors (Lipinski definition) is 1. The van der Waals surface area contributed by atoms with E-state index in [4.69, 9.17) is 0 Å². The minimum Gasteiger partial charge on any atom is -0.314 e. The van der Waals surface area contributed by atoms with Crippen LogP contribution >= 0.6 is 11.3 Å². The van der Waals surface area contributed by atoms with E-state index in [2.05, 4.69) is 15.3 Å². The van der Waals surface area contributed by atoms with E-state index >= 15 is 0 Å². The molecule has 3 rings (SSSR count). The van der Waals surface area contributed by atoms with Crippen molar-refractivity contribution in [1.29, 1.82) is 0 Å². The summed E-state index contributed by atoms with van der Waals surface area (Å²) in [5.74, 6) is 0. The van der Waals surface area contributed by atoms with Gasteiger partial charge in [0.1, 0.15) is 10.3 Å². The molecule has 1 aliphatic rings. The van der Waals surface area contributed by atoms with Gasteiger partial charge in [0, 0.05) is 25.2 Å². The maximum atomic E-state index is 4.55. The molecule has 0 amide bonds. The molecule has 4 heteroatoms. The molecule has 0 saturated heterocycles. The highest BCUT2D eigenvalue weighted by molar-refractivity contribution is 7.18. The molecule has 15 heavy (non-hydrogen) atoms. The van der Waals surface area contributed by atoms with E-state index < -0.39 is 0 Å². The largest absolute Gasteiger partial charge is 0.314 e. The lowest BCUT2D eigenvalue weighted by molar-refractivity contribution is 0.681. The van der Waals surface area contributed by atoms with Crippen LogP contribution in [0.2, 0.25) is 0 Å². The first kappa shape index (κ1) is 9.24. The first-order valence-corrected chi connectivity index (χ1v) is 6.17. The van der Waals surface area contributed by atoms with Crippen LogP contribution in [0.25, 0.3) is 10.3 Å². The number of rotatable bonds is 4. The second-order valence-corrected chi connectivity index (χ2v) is 4.98. The van der Waals surface area contributed by atoms with E-state index in [-0.39, 0.29) is 0 Å². The van der Waals surface area contributed by atoms with Gasteiger partial charge in [0.25, 0.3) is 0 Å². The Morgan fingerprint density at radius 2 is 2.40 bits per heavy atom. The summed E-state index contributed by atoms with van der Waals surface area (Å²) in [5.41, 5.74) is 1.03. The monoisotopic (exact) mass is 219 g/mol. The summed E-state index contributed by atoms with van der Waals surface area (Å²) in [4.78, 5) is 9.89. The zero-order chi connectivity index (χ0) is 10.1. The molecule has 3 nitrogen and oxygen atoms in total. The second-order valence-electron chi connectivity index (χ2n) is 3.91. The van der Waals surface area contributed by atoms with Crippen molar-refractivity contribution in [3.63, 3.8) is 0 Å². The standard InChI is InChI=1S/C11H13N3S/c1-2-9-11(13-6-1)15-10(14-9)5-7-12-8-3-4-8/h1-2,6,8,12H,3-5,7H2. The molecule has 0 atom stereocenters. The number of hydrogen-bond acceptors (Lipinski definition) is 4. The Morgan fingerprint density at radius 3 is 3.20 bits per heavy atom. The lowest BCUT2D eigenvalue weighted by Gasteiger charge is -1.98. The molecular weight excluding hydrogens is 206 g/mol. The van der Waals surface area contributed by atoms with Gasteiger partial charge in [-0.15, -0.1) is 0 Å². The predicted octanol–water partition coefficient (Wildman–Crippen LogP) is 1.99. The molecule has 1 N–H and O–H groups in total. The van der Waals surface area contributed by atoms with Gasteiger partial charge in [0.2, 0.25) is 0 Å². The Hall–Kier alpha value is -1.00. The van der Waals surface area contributed by atoms with Gasteiger partial charge in [0.15, 0.2) is 0 Å². The third kappa shape index (κ3) is 2.16. The number of nitrogens with zero attached hydrogens (tertiary/aromatic N) is 2. The summed E-state index contributed by atoms with van der Waals surface area (Å²) < 4.78 is 0. The van der Waals surface area contributed by atoms with Crippen LogP contribution in [0.3, 0.4) is 0 Å².